The highest BCUT2D eigenvalue weighted by Gasteiger charge is 2.24. The third-order valence-electron chi connectivity index (χ3n) is 4.29. The Kier molecular flexibility index (Phi) is 5.03. The van der Waals surface area contributed by atoms with Gasteiger partial charge in [-0.3, -0.25) is 4.79 Å². The van der Waals surface area contributed by atoms with Crippen molar-refractivity contribution in [1.82, 2.24) is 10.6 Å². The molecule has 0 aliphatic carbocycles. The Labute approximate surface area is 135 Å². The van der Waals surface area contributed by atoms with Crippen molar-refractivity contribution in [2.45, 2.75) is 18.9 Å². The quantitative estimate of drug-likeness (QED) is 0.911. The van der Waals surface area contributed by atoms with Gasteiger partial charge in [-0.05, 0) is 42.6 Å². The molecule has 2 aromatic rings. The van der Waals surface area contributed by atoms with Gasteiger partial charge in [0.15, 0.2) is 0 Å². The topological polar surface area (TPSA) is 41.1 Å². The van der Waals surface area contributed by atoms with Crippen molar-refractivity contribution >= 4 is 5.91 Å². The molecule has 2 aromatic carbocycles. The molecule has 0 saturated carbocycles. The van der Waals surface area contributed by atoms with Crippen LogP contribution in [0.3, 0.4) is 0 Å². The summed E-state index contributed by atoms with van der Waals surface area (Å²) in [5.41, 5.74) is 1.88. The monoisotopic (exact) mass is 312 g/mol. The summed E-state index contributed by atoms with van der Waals surface area (Å²) in [6.07, 6.45) is 1.92. The summed E-state index contributed by atoms with van der Waals surface area (Å²) in [5.74, 6) is -0.228. The second kappa shape index (κ2) is 7.38. The van der Waals surface area contributed by atoms with Crippen molar-refractivity contribution in [2.75, 3.05) is 13.1 Å². The average molecular weight is 312 g/mol. The predicted octanol–water partition coefficient (Wildman–Crippen LogP) is 3.03. The van der Waals surface area contributed by atoms with E-state index >= 15 is 0 Å². The van der Waals surface area contributed by atoms with Crippen LogP contribution in [0.5, 0.6) is 0 Å². The van der Waals surface area contributed by atoms with Crippen LogP contribution in [0.1, 0.15) is 30.0 Å². The molecule has 1 fully saturated rings. The zero-order chi connectivity index (χ0) is 16.1. The predicted molar refractivity (Wildman–Crippen MR) is 88.4 cm³/mol. The molecule has 1 amide bonds. The summed E-state index contributed by atoms with van der Waals surface area (Å²) in [4.78, 5) is 12.6. The maximum atomic E-state index is 13.2. The molecule has 3 nitrogen and oxygen atoms in total. The van der Waals surface area contributed by atoms with E-state index in [-0.39, 0.29) is 23.7 Å². The molecule has 0 aromatic heterocycles. The fourth-order valence-corrected chi connectivity index (χ4v) is 3.00. The summed E-state index contributed by atoms with van der Waals surface area (Å²) in [7, 11) is 0. The number of carbonyl (C=O) groups is 1. The second-order valence-corrected chi connectivity index (χ2v) is 5.95. The smallest absolute Gasteiger partial charge is 0.225 e. The van der Waals surface area contributed by atoms with Gasteiger partial charge in [0, 0.05) is 6.54 Å². The minimum absolute atomic E-state index is 0.00425. The molecule has 2 unspecified atom stereocenters. The molecule has 1 aliphatic rings. The lowest BCUT2D eigenvalue weighted by Gasteiger charge is -2.26. The largest absolute Gasteiger partial charge is 0.345 e. The number of benzene rings is 2. The number of hydrogen-bond donors (Lipinski definition) is 2. The van der Waals surface area contributed by atoms with Gasteiger partial charge in [-0.1, -0.05) is 42.5 Å². The highest BCUT2D eigenvalue weighted by atomic mass is 19.1. The molecule has 1 aliphatic heterocycles. The van der Waals surface area contributed by atoms with Crippen molar-refractivity contribution in [3.63, 3.8) is 0 Å². The summed E-state index contributed by atoms with van der Waals surface area (Å²) in [6.45, 7) is 1.70. The Morgan fingerprint density at radius 2 is 1.78 bits per heavy atom. The van der Waals surface area contributed by atoms with E-state index in [9.17, 15) is 9.18 Å². The molecule has 3 rings (SSSR count). The van der Waals surface area contributed by atoms with Crippen molar-refractivity contribution in [3.8, 4) is 0 Å². The van der Waals surface area contributed by atoms with Crippen LogP contribution in [-0.4, -0.2) is 19.0 Å². The van der Waals surface area contributed by atoms with Crippen LogP contribution in [0.15, 0.2) is 54.6 Å². The lowest BCUT2D eigenvalue weighted by atomic mass is 9.95. The third-order valence-corrected chi connectivity index (χ3v) is 4.29. The maximum absolute atomic E-state index is 13.2. The zero-order valence-electron chi connectivity index (χ0n) is 13.0. The first-order chi connectivity index (χ1) is 11.2. The Hall–Kier alpha value is -2.20. The zero-order valence-corrected chi connectivity index (χ0v) is 13.0. The Bertz CT molecular complexity index is 636. The van der Waals surface area contributed by atoms with Crippen LogP contribution >= 0.6 is 0 Å². The third kappa shape index (κ3) is 3.96. The van der Waals surface area contributed by atoms with Gasteiger partial charge in [0.1, 0.15) is 5.82 Å². The highest BCUT2D eigenvalue weighted by molar-refractivity contribution is 5.80. The Balaban J connectivity index is 1.83. The molecule has 2 N–H and O–H groups in total. The van der Waals surface area contributed by atoms with E-state index in [2.05, 4.69) is 10.6 Å². The molecular formula is C19H21FN2O. The number of nitrogens with one attached hydrogen (secondary N) is 2. The maximum Gasteiger partial charge on any atom is 0.225 e. The number of piperidine rings is 1. The summed E-state index contributed by atoms with van der Waals surface area (Å²) < 4.78 is 13.2. The van der Waals surface area contributed by atoms with Crippen molar-refractivity contribution < 1.29 is 9.18 Å². The van der Waals surface area contributed by atoms with Gasteiger partial charge >= 0.3 is 0 Å². The van der Waals surface area contributed by atoms with Crippen molar-refractivity contribution in [2.24, 2.45) is 5.92 Å². The van der Waals surface area contributed by atoms with Crippen LogP contribution in [-0.2, 0) is 4.79 Å². The van der Waals surface area contributed by atoms with Crippen molar-refractivity contribution in [1.29, 1.82) is 0 Å². The van der Waals surface area contributed by atoms with Crippen LogP contribution in [0.4, 0.5) is 4.39 Å². The highest BCUT2D eigenvalue weighted by Crippen LogP contribution is 2.23. The molecule has 0 bridgehead atoms. The first-order valence-electron chi connectivity index (χ1n) is 8.05. The first kappa shape index (κ1) is 15.7. The number of hydrogen-bond acceptors (Lipinski definition) is 2. The molecule has 23 heavy (non-hydrogen) atoms. The Morgan fingerprint density at radius 1 is 1.09 bits per heavy atom. The minimum atomic E-state index is -0.275. The number of halogens is 1. The molecular weight excluding hydrogens is 291 g/mol. The minimum Gasteiger partial charge on any atom is -0.345 e. The normalized spacial score (nSPS) is 19.1. The molecule has 1 heterocycles. The van der Waals surface area contributed by atoms with Gasteiger partial charge in [0.25, 0.3) is 0 Å². The van der Waals surface area contributed by atoms with E-state index in [1.54, 1.807) is 12.1 Å². The van der Waals surface area contributed by atoms with E-state index in [0.717, 1.165) is 37.1 Å². The van der Waals surface area contributed by atoms with Crippen LogP contribution in [0.2, 0.25) is 0 Å². The SMILES string of the molecule is O=C(NC(c1ccccc1)c1ccc(F)cc1)C1CCCNC1. The molecule has 1 saturated heterocycles. The van der Waals surface area contributed by atoms with Crippen LogP contribution < -0.4 is 10.6 Å². The summed E-state index contributed by atoms with van der Waals surface area (Å²) >= 11 is 0. The molecule has 0 radical (unpaired) electrons. The van der Waals surface area contributed by atoms with E-state index in [1.165, 1.54) is 12.1 Å². The van der Waals surface area contributed by atoms with Gasteiger partial charge in [0.05, 0.1) is 12.0 Å². The van der Waals surface area contributed by atoms with E-state index < -0.39 is 0 Å². The molecule has 2 atom stereocenters. The van der Waals surface area contributed by atoms with Gasteiger partial charge in [-0.25, -0.2) is 4.39 Å². The lowest BCUT2D eigenvalue weighted by Crippen LogP contribution is -2.42. The Morgan fingerprint density at radius 3 is 2.43 bits per heavy atom. The van der Waals surface area contributed by atoms with Gasteiger partial charge in [-0.15, -0.1) is 0 Å². The number of rotatable bonds is 4. The summed E-state index contributed by atoms with van der Waals surface area (Å²) in [5, 5.41) is 6.40. The van der Waals surface area contributed by atoms with Crippen LogP contribution in [0.25, 0.3) is 0 Å². The lowest BCUT2D eigenvalue weighted by molar-refractivity contribution is -0.126. The fourth-order valence-electron chi connectivity index (χ4n) is 3.00. The van der Waals surface area contributed by atoms with Gasteiger partial charge in [0.2, 0.25) is 5.91 Å². The fraction of sp³-hybridized carbons (Fsp3) is 0.316. The molecule has 4 heteroatoms. The standard InChI is InChI=1S/C19H21FN2O/c20-17-10-8-15(9-11-17)18(14-5-2-1-3-6-14)22-19(23)16-7-4-12-21-13-16/h1-3,5-6,8-11,16,18,21H,4,7,12-13H2,(H,22,23). The van der Waals surface area contributed by atoms with Crippen molar-refractivity contribution in [3.05, 3.63) is 71.5 Å². The second-order valence-electron chi connectivity index (χ2n) is 5.95. The average Bonchev–Trinajstić information content (AvgIpc) is 2.62. The van der Waals surface area contributed by atoms with Crippen LogP contribution in [0, 0.1) is 11.7 Å². The number of amides is 1. The molecule has 0 spiro atoms. The summed E-state index contributed by atoms with van der Waals surface area (Å²) in [6, 6.07) is 15.9. The molecule has 120 valence electrons. The van der Waals surface area contributed by atoms with Gasteiger partial charge < -0.3 is 10.6 Å². The van der Waals surface area contributed by atoms with E-state index in [0.29, 0.717) is 0 Å². The first-order valence-corrected chi connectivity index (χ1v) is 8.05. The van der Waals surface area contributed by atoms with Gasteiger partial charge in [-0.2, -0.15) is 0 Å². The number of carbonyl (C=O) groups excluding carboxylic acids is 1. The van der Waals surface area contributed by atoms with E-state index in [1.807, 2.05) is 30.3 Å². The van der Waals surface area contributed by atoms with E-state index in [4.69, 9.17) is 0 Å².